The molecule has 1 saturated carbocycles. The van der Waals surface area contributed by atoms with Crippen LogP contribution in [0.5, 0.6) is 0 Å². The molecule has 1 aliphatic carbocycles. The lowest BCUT2D eigenvalue weighted by atomic mass is 10.1. The van der Waals surface area contributed by atoms with Crippen LogP contribution in [0.3, 0.4) is 0 Å². The Morgan fingerprint density at radius 1 is 1.24 bits per heavy atom. The van der Waals surface area contributed by atoms with Gasteiger partial charge in [0.1, 0.15) is 4.99 Å². The molecule has 1 fully saturated rings. The largest absolute Gasteiger partial charge is 0.389 e. The molecule has 5 heteroatoms. The van der Waals surface area contributed by atoms with Crippen LogP contribution in [0.2, 0.25) is 0 Å². The monoisotopic (exact) mass is 316 g/mol. The number of carbonyl (C=O) groups is 1. The Hall–Kier alpha value is -1.72. The molecule has 3 nitrogen and oxygen atoms in total. The number of hydrogen-bond donors (Lipinski definition) is 1. The topological polar surface area (TPSA) is 46.3 Å². The summed E-state index contributed by atoms with van der Waals surface area (Å²) in [6, 6.07) is 9.69. The van der Waals surface area contributed by atoms with E-state index in [4.69, 9.17) is 18.0 Å². The van der Waals surface area contributed by atoms with Crippen molar-refractivity contribution >= 4 is 34.5 Å². The smallest absolute Gasteiger partial charge is 0.254 e. The van der Waals surface area contributed by atoms with Gasteiger partial charge in [-0.3, -0.25) is 4.79 Å². The fourth-order valence-corrected chi connectivity index (χ4v) is 3.07. The second-order valence-electron chi connectivity index (χ2n) is 5.24. The molecule has 0 saturated heterocycles. The second-order valence-corrected chi connectivity index (χ2v) is 6.46. The van der Waals surface area contributed by atoms with Gasteiger partial charge in [-0.15, -0.1) is 0 Å². The second kappa shape index (κ2) is 5.95. The Kier molecular flexibility index (Phi) is 4.03. The Labute approximate surface area is 133 Å². The molecule has 2 N–H and O–H groups in total. The maximum Gasteiger partial charge on any atom is 0.254 e. The third kappa shape index (κ3) is 3.31. The average Bonchev–Trinajstić information content (AvgIpc) is 3.20. The Bertz CT molecular complexity index is 645. The molecular formula is C16H16N2OS2. The minimum Gasteiger partial charge on any atom is -0.389 e. The minimum atomic E-state index is 0.0817. The zero-order chi connectivity index (χ0) is 14.8. The molecule has 2 aromatic rings. The van der Waals surface area contributed by atoms with Gasteiger partial charge in [0.15, 0.2) is 0 Å². The Morgan fingerprint density at radius 2 is 1.90 bits per heavy atom. The number of nitrogens with zero attached hydrogens (tertiary/aromatic N) is 1. The molecule has 0 aliphatic heterocycles. The summed E-state index contributed by atoms with van der Waals surface area (Å²) in [4.78, 5) is 15.0. The van der Waals surface area contributed by atoms with E-state index in [1.54, 1.807) is 23.5 Å². The highest BCUT2D eigenvalue weighted by molar-refractivity contribution is 7.80. The molecular weight excluding hydrogens is 300 g/mol. The molecule has 1 amide bonds. The SMILES string of the molecule is NC(=S)c1ccc(C(=O)N(Cc2ccsc2)C2CC2)cc1. The molecule has 21 heavy (non-hydrogen) atoms. The molecule has 0 radical (unpaired) electrons. The number of amides is 1. The van der Waals surface area contributed by atoms with Crippen LogP contribution in [0.4, 0.5) is 0 Å². The van der Waals surface area contributed by atoms with Crippen molar-refractivity contribution in [1.29, 1.82) is 0 Å². The number of hydrogen-bond acceptors (Lipinski definition) is 3. The van der Waals surface area contributed by atoms with E-state index in [0.717, 1.165) is 18.4 Å². The van der Waals surface area contributed by atoms with Crippen LogP contribution in [0.15, 0.2) is 41.1 Å². The van der Waals surface area contributed by atoms with Gasteiger partial charge in [-0.05, 0) is 47.4 Å². The maximum atomic E-state index is 12.7. The molecule has 1 aromatic carbocycles. The van der Waals surface area contributed by atoms with E-state index < -0.39 is 0 Å². The lowest BCUT2D eigenvalue weighted by Crippen LogP contribution is -2.32. The zero-order valence-corrected chi connectivity index (χ0v) is 13.1. The van der Waals surface area contributed by atoms with E-state index >= 15 is 0 Å². The predicted octanol–water partition coefficient (Wildman–Crippen LogP) is 3.19. The van der Waals surface area contributed by atoms with Gasteiger partial charge in [-0.25, -0.2) is 0 Å². The van der Waals surface area contributed by atoms with Crippen LogP contribution in [-0.4, -0.2) is 21.8 Å². The molecule has 3 rings (SSSR count). The highest BCUT2D eigenvalue weighted by Gasteiger charge is 2.33. The summed E-state index contributed by atoms with van der Waals surface area (Å²) in [6.45, 7) is 0.685. The fraction of sp³-hybridized carbons (Fsp3) is 0.250. The fourth-order valence-electron chi connectivity index (χ4n) is 2.28. The summed E-state index contributed by atoms with van der Waals surface area (Å²) >= 11 is 6.59. The Balaban J connectivity index is 1.79. The standard InChI is InChI=1S/C16H16N2OS2/c17-15(20)12-1-3-13(4-2-12)16(19)18(14-5-6-14)9-11-7-8-21-10-11/h1-4,7-8,10,14H,5-6,9H2,(H2,17,20). The van der Waals surface area contributed by atoms with E-state index in [-0.39, 0.29) is 5.91 Å². The van der Waals surface area contributed by atoms with Gasteiger partial charge in [-0.2, -0.15) is 11.3 Å². The van der Waals surface area contributed by atoms with Crippen LogP contribution < -0.4 is 5.73 Å². The predicted molar refractivity (Wildman–Crippen MR) is 89.5 cm³/mol. The third-order valence-corrected chi connectivity index (χ3v) is 4.57. The van der Waals surface area contributed by atoms with Gasteiger partial charge >= 0.3 is 0 Å². The van der Waals surface area contributed by atoms with E-state index in [0.29, 0.717) is 23.1 Å². The molecule has 0 unspecified atom stereocenters. The van der Waals surface area contributed by atoms with E-state index in [1.165, 1.54) is 5.56 Å². The van der Waals surface area contributed by atoms with Crippen molar-refractivity contribution < 1.29 is 4.79 Å². The summed E-state index contributed by atoms with van der Waals surface area (Å²) in [5.74, 6) is 0.0817. The highest BCUT2D eigenvalue weighted by Crippen LogP contribution is 2.30. The van der Waals surface area contributed by atoms with Gasteiger partial charge in [0.25, 0.3) is 5.91 Å². The van der Waals surface area contributed by atoms with Gasteiger partial charge < -0.3 is 10.6 Å². The molecule has 0 bridgehead atoms. The number of carbonyl (C=O) groups excluding carboxylic acids is 1. The number of thiophene rings is 1. The molecule has 1 aliphatic rings. The van der Waals surface area contributed by atoms with Gasteiger partial charge in [0.2, 0.25) is 0 Å². The first kappa shape index (κ1) is 14.2. The number of nitrogens with two attached hydrogens (primary N) is 1. The van der Waals surface area contributed by atoms with E-state index in [2.05, 4.69) is 11.4 Å². The lowest BCUT2D eigenvalue weighted by Gasteiger charge is -2.22. The van der Waals surface area contributed by atoms with Crippen molar-refractivity contribution in [2.45, 2.75) is 25.4 Å². The van der Waals surface area contributed by atoms with Crippen molar-refractivity contribution in [1.82, 2.24) is 4.90 Å². The third-order valence-electron chi connectivity index (χ3n) is 3.60. The van der Waals surface area contributed by atoms with E-state index in [9.17, 15) is 4.79 Å². The van der Waals surface area contributed by atoms with Crippen molar-refractivity contribution in [2.24, 2.45) is 5.73 Å². The summed E-state index contributed by atoms with van der Waals surface area (Å²) < 4.78 is 0. The molecule has 0 spiro atoms. The lowest BCUT2D eigenvalue weighted by molar-refractivity contribution is 0.0730. The van der Waals surface area contributed by atoms with Crippen molar-refractivity contribution in [3.05, 3.63) is 57.8 Å². The van der Waals surface area contributed by atoms with Crippen LogP contribution in [0.25, 0.3) is 0 Å². The van der Waals surface area contributed by atoms with Crippen molar-refractivity contribution in [2.75, 3.05) is 0 Å². The molecule has 108 valence electrons. The van der Waals surface area contributed by atoms with Crippen LogP contribution in [0, 0.1) is 0 Å². The molecule has 1 aromatic heterocycles. The normalized spacial score (nSPS) is 13.9. The summed E-state index contributed by atoms with van der Waals surface area (Å²) in [7, 11) is 0. The summed E-state index contributed by atoms with van der Waals surface area (Å²) in [6.07, 6.45) is 2.20. The van der Waals surface area contributed by atoms with Crippen LogP contribution in [0.1, 0.15) is 34.3 Å². The minimum absolute atomic E-state index is 0.0817. The molecule has 1 heterocycles. The number of benzene rings is 1. The first-order chi connectivity index (χ1) is 10.1. The summed E-state index contributed by atoms with van der Waals surface area (Å²) in [5.41, 5.74) is 8.26. The highest BCUT2D eigenvalue weighted by atomic mass is 32.1. The first-order valence-electron chi connectivity index (χ1n) is 6.87. The van der Waals surface area contributed by atoms with Crippen LogP contribution in [-0.2, 0) is 6.54 Å². The van der Waals surface area contributed by atoms with Gasteiger partial charge in [-0.1, -0.05) is 24.4 Å². The van der Waals surface area contributed by atoms with Crippen LogP contribution >= 0.6 is 23.6 Å². The molecule has 0 atom stereocenters. The first-order valence-corrected chi connectivity index (χ1v) is 8.22. The number of thiocarbonyl (C=S) groups is 1. The van der Waals surface area contributed by atoms with E-state index in [1.807, 2.05) is 22.4 Å². The number of rotatable bonds is 5. The Morgan fingerprint density at radius 3 is 2.43 bits per heavy atom. The average molecular weight is 316 g/mol. The van der Waals surface area contributed by atoms with Gasteiger partial charge in [0.05, 0.1) is 0 Å². The summed E-state index contributed by atoms with van der Waals surface area (Å²) in [5, 5.41) is 4.14. The zero-order valence-electron chi connectivity index (χ0n) is 11.5. The van der Waals surface area contributed by atoms with Crippen molar-refractivity contribution in [3.63, 3.8) is 0 Å². The maximum absolute atomic E-state index is 12.7. The van der Waals surface area contributed by atoms with Crippen molar-refractivity contribution in [3.8, 4) is 0 Å². The quantitative estimate of drug-likeness (QED) is 0.862. The van der Waals surface area contributed by atoms with Gasteiger partial charge in [0, 0.05) is 23.7 Å².